The van der Waals surface area contributed by atoms with Crippen LogP contribution in [0.1, 0.15) is 33.3 Å². The lowest BCUT2D eigenvalue weighted by Gasteiger charge is -2.32. The second kappa shape index (κ2) is 4.52. The molecule has 1 aromatic carbocycles. The molecule has 0 radical (unpaired) electrons. The van der Waals surface area contributed by atoms with Crippen LogP contribution in [0.3, 0.4) is 0 Å². The minimum Gasteiger partial charge on any atom is -0.399 e. The minimum atomic E-state index is -0.362. The quantitative estimate of drug-likeness (QED) is 0.731. The molecule has 18 heavy (non-hydrogen) atoms. The maximum atomic E-state index is 6.18. The van der Waals surface area contributed by atoms with Gasteiger partial charge in [0.05, 0.1) is 16.2 Å². The molecule has 1 aliphatic rings. The monoisotopic (exact) mass is 330 g/mol. The van der Waals surface area contributed by atoms with Gasteiger partial charge in [0.1, 0.15) is 0 Å². The third kappa shape index (κ3) is 2.36. The van der Waals surface area contributed by atoms with E-state index < -0.39 is 0 Å². The SMILES string of the molecule is Cc1cc(B2OC(C)(C)C(C)(C)O2)cc(Cl)c1Br. The fourth-order valence-electron chi connectivity index (χ4n) is 1.87. The third-order valence-corrected chi connectivity index (χ3v) is 5.34. The molecule has 2 rings (SSSR count). The summed E-state index contributed by atoms with van der Waals surface area (Å²) in [5.74, 6) is 0. The van der Waals surface area contributed by atoms with Crippen molar-refractivity contribution in [3.8, 4) is 0 Å². The van der Waals surface area contributed by atoms with Crippen molar-refractivity contribution >= 4 is 40.1 Å². The molecule has 0 saturated carbocycles. The van der Waals surface area contributed by atoms with Crippen LogP contribution in [-0.2, 0) is 9.31 Å². The van der Waals surface area contributed by atoms with Gasteiger partial charge >= 0.3 is 7.12 Å². The predicted molar refractivity (Wildman–Crippen MR) is 79.6 cm³/mol. The van der Waals surface area contributed by atoms with Crippen LogP contribution in [0.25, 0.3) is 0 Å². The van der Waals surface area contributed by atoms with Crippen LogP contribution in [0.2, 0.25) is 5.02 Å². The van der Waals surface area contributed by atoms with E-state index in [0.29, 0.717) is 5.02 Å². The fourth-order valence-corrected chi connectivity index (χ4v) is 2.37. The van der Waals surface area contributed by atoms with Crippen molar-refractivity contribution in [1.29, 1.82) is 0 Å². The Labute approximate surface area is 122 Å². The van der Waals surface area contributed by atoms with Gasteiger partial charge in [0.25, 0.3) is 0 Å². The first-order valence-electron chi connectivity index (χ1n) is 5.95. The summed E-state index contributed by atoms with van der Waals surface area (Å²) in [5.41, 5.74) is 1.38. The van der Waals surface area contributed by atoms with Crippen LogP contribution in [0.5, 0.6) is 0 Å². The van der Waals surface area contributed by atoms with E-state index in [9.17, 15) is 0 Å². The summed E-state index contributed by atoms with van der Waals surface area (Å²) in [4.78, 5) is 0. The molecule has 0 unspecified atom stereocenters. The minimum absolute atomic E-state index is 0.328. The normalized spacial score (nSPS) is 21.4. The van der Waals surface area contributed by atoms with E-state index in [0.717, 1.165) is 15.5 Å². The lowest BCUT2D eigenvalue weighted by Crippen LogP contribution is -2.41. The highest BCUT2D eigenvalue weighted by molar-refractivity contribution is 9.10. The molecule has 0 spiro atoms. The maximum absolute atomic E-state index is 6.18. The van der Waals surface area contributed by atoms with E-state index in [1.54, 1.807) is 0 Å². The van der Waals surface area contributed by atoms with E-state index in [2.05, 4.69) is 15.9 Å². The molecule has 1 saturated heterocycles. The summed E-state index contributed by atoms with van der Waals surface area (Å²) >= 11 is 9.63. The van der Waals surface area contributed by atoms with Gasteiger partial charge in [0, 0.05) is 4.47 Å². The van der Waals surface area contributed by atoms with Crippen molar-refractivity contribution in [3.05, 3.63) is 27.2 Å². The van der Waals surface area contributed by atoms with Gasteiger partial charge in [-0.05, 0) is 67.6 Å². The fraction of sp³-hybridized carbons (Fsp3) is 0.538. The highest BCUT2D eigenvalue weighted by Crippen LogP contribution is 2.37. The highest BCUT2D eigenvalue weighted by atomic mass is 79.9. The standard InChI is InChI=1S/C13H17BBrClO2/c1-8-6-9(7-10(16)11(8)15)14-17-12(2,3)13(4,5)18-14/h6-7H,1-5H3. The lowest BCUT2D eigenvalue weighted by molar-refractivity contribution is 0.00578. The van der Waals surface area contributed by atoms with Gasteiger partial charge < -0.3 is 9.31 Å². The largest absolute Gasteiger partial charge is 0.494 e. The van der Waals surface area contributed by atoms with Crippen LogP contribution >= 0.6 is 27.5 Å². The number of hydrogen-bond donors (Lipinski definition) is 0. The van der Waals surface area contributed by atoms with Crippen molar-refractivity contribution in [3.63, 3.8) is 0 Å². The van der Waals surface area contributed by atoms with Gasteiger partial charge in [-0.25, -0.2) is 0 Å². The molecule has 0 bridgehead atoms. The summed E-state index contributed by atoms with van der Waals surface area (Å²) in [7, 11) is -0.362. The first-order chi connectivity index (χ1) is 8.14. The molecule has 0 N–H and O–H groups in total. The van der Waals surface area contributed by atoms with Gasteiger partial charge in [-0.15, -0.1) is 0 Å². The van der Waals surface area contributed by atoms with E-state index in [1.807, 2.05) is 46.8 Å². The smallest absolute Gasteiger partial charge is 0.399 e. The number of benzene rings is 1. The van der Waals surface area contributed by atoms with Gasteiger partial charge in [-0.2, -0.15) is 0 Å². The zero-order valence-corrected chi connectivity index (χ0v) is 13.6. The first kappa shape index (κ1) is 14.4. The average Bonchev–Trinajstić information content (AvgIpc) is 2.44. The van der Waals surface area contributed by atoms with Gasteiger partial charge in [-0.1, -0.05) is 17.7 Å². The summed E-state index contributed by atoms with van der Waals surface area (Å²) in [6.07, 6.45) is 0. The molecular weight excluding hydrogens is 314 g/mol. The number of aryl methyl sites for hydroxylation is 1. The molecule has 1 fully saturated rings. The van der Waals surface area contributed by atoms with Crippen molar-refractivity contribution in [2.75, 3.05) is 0 Å². The summed E-state index contributed by atoms with van der Waals surface area (Å²) < 4.78 is 12.9. The second-order valence-electron chi connectivity index (χ2n) is 5.72. The Kier molecular flexibility index (Phi) is 3.61. The molecule has 1 aliphatic heterocycles. The Hall–Kier alpha value is -0.0251. The Bertz CT molecular complexity index is 449. The zero-order chi connectivity index (χ0) is 13.7. The Morgan fingerprint density at radius 3 is 2.06 bits per heavy atom. The van der Waals surface area contributed by atoms with Gasteiger partial charge in [0.2, 0.25) is 0 Å². The van der Waals surface area contributed by atoms with Crippen molar-refractivity contribution in [1.82, 2.24) is 0 Å². The lowest BCUT2D eigenvalue weighted by atomic mass is 9.78. The maximum Gasteiger partial charge on any atom is 0.494 e. The Morgan fingerprint density at radius 2 is 1.61 bits per heavy atom. The van der Waals surface area contributed by atoms with Gasteiger partial charge in [-0.3, -0.25) is 0 Å². The van der Waals surface area contributed by atoms with Crippen LogP contribution < -0.4 is 5.46 Å². The molecule has 2 nitrogen and oxygen atoms in total. The molecule has 98 valence electrons. The topological polar surface area (TPSA) is 18.5 Å². The van der Waals surface area contributed by atoms with Crippen LogP contribution in [0, 0.1) is 6.92 Å². The average molecular weight is 331 g/mol. The Morgan fingerprint density at radius 1 is 1.11 bits per heavy atom. The number of halogens is 2. The van der Waals surface area contributed by atoms with E-state index >= 15 is 0 Å². The molecule has 5 heteroatoms. The Balaban J connectivity index is 2.36. The van der Waals surface area contributed by atoms with Crippen molar-refractivity contribution in [2.24, 2.45) is 0 Å². The van der Waals surface area contributed by atoms with Crippen LogP contribution in [-0.4, -0.2) is 18.3 Å². The van der Waals surface area contributed by atoms with Crippen molar-refractivity contribution in [2.45, 2.75) is 45.8 Å². The highest BCUT2D eigenvalue weighted by Gasteiger charge is 2.51. The molecule has 0 aliphatic carbocycles. The van der Waals surface area contributed by atoms with E-state index in [4.69, 9.17) is 20.9 Å². The van der Waals surface area contributed by atoms with Crippen LogP contribution in [0.4, 0.5) is 0 Å². The number of hydrogen-bond acceptors (Lipinski definition) is 2. The summed E-state index contributed by atoms with van der Waals surface area (Å²) in [6, 6.07) is 3.93. The third-order valence-electron chi connectivity index (χ3n) is 3.76. The number of rotatable bonds is 1. The second-order valence-corrected chi connectivity index (χ2v) is 6.92. The molecule has 0 atom stereocenters. The molecular formula is C13H17BBrClO2. The first-order valence-corrected chi connectivity index (χ1v) is 7.12. The van der Waals surface area contributed by atoms with E-state index in [1.165, 1.54) is 0 Å². The summed E-state index contributed by atoms with van der Waals surface area (Å²) in [6.45, 7) is 10.2. The van der Waals surface area contributed by atoms with Crippen molar-refractivity contribution < 1.29 is 9.31 Å². The van der Waals surface area contributed by atoms with Crippen LogP contribution in [0.15, 0.2) is 16.6 Å². The van der Waals surface area contributed by atoms with Gasteiger partial charge in [0.15, 0.2) is 0 Å². The summed E-state index contributed by atoms with van der Waals surface area (Å²) in [5, 5.41) is 0.680. The molecule has 0 aromatic heterocycles. The molecule has 0 amide bonds. The molecule has 1 heterocycles. The zero-order valence-electron chi connectivity index (χ0n) is 11.3. The molecule has 1 aromatic rings. The predicted octanol–water partition coefficient (Wildman–Crippen LogP) is 3.71. The van der Waals surface area contributed by atoms with E-state index in [-0.39, 0.29) is 18.3 Å².